The van der Waals surface area contributed by atoms with Gasteiger partial charge in [-0.15, -0.1) is 0 Å². The van der Waals surface area contributed by atoms with Crippen LogP contribution in [-0.2, 0) is 6.42 Å². The van der Waals surface area contributed by atoms with E-state index in [4.69, 9.17) is 4.99 Å². The summed E-state index contributed by atoms with van der Waals surface area (Å²) in [5, 5.41) is 7.28. The Hall–Kier alpha value is -5.15. The van der Waals surface area contributed by atoms with Gasteiger partial charge in [-0.05, 0) is 58.2 Å². The first-order valence-corrected chi connectivity index (χ1v) is 14.3. The minimum absolute atomic E-state index is 0.0573. The van der Waals surface area contributed by atoms with Crippen molar-refractivity contribution in [2.24, 2.45) is 4.99 Å². The number of aromatic nitrogens is 1. The summed E-state index contributed by atoms with van der Waals surface area (Å²) in [7, 11) is 0. The smallest absolute Gasteiger partial charge is 0.208 e. The fourth-order valence-electron chi connectivity index (χ4n) is 6.33. The van der Waals surface area contributed by atoms with E-state index in [1.807, 2.05) is 6.20 Å². The number of hydrogen-bond donors (Lipinski definition) is 1. The van der Waals surface area contributed by atoms with Gasteiger partial charge in [0.1, 0.15) is 0 Å². The van der Waals surface area contributed by atoms with Crippen molar-refractivity contribution >= 4 is 33.7 Å². The molecule has 0 spiro atoms. The van der Waals surface area contributed by atoms with Crippen LogP contribution in [0, 0.1) is 0 Å². The summed E-state index contributed by atoms with van der Waals surface area (Å²) in [6.07, 6.45) is 10.8. The Labute approximate surface area is 239 Å². The lowest BCUT2D eigenvalue weighted by Gasteiger charge is -2.21. The fourth-order valence-corrected chi connectivity index (χ4v) is 6.33. The van der Waals surface area contributed by atoms with Crippen molar-refractivity contribution in [3.05, 3.63) is 150 Å². The normalized spacial score (nSPS) is 16.0. The van der Waals surface area contributed by atoms with Crippen LogP contribution in [0.15, 0.2) is 139 Å². The van der Waals surface area contributed by atoms with Crippen LogP contribution in [0.2, 0.25) is 0 Å². The van der Waals surface area contributed by atoms with Gasteiger partial charge in [-0.25, -0.2) is 4.99 Å². The second-order valence-electron chi connectivity index (χ2n) is 10.8. The van der Waals surface area contributed by atoms with Crippen LogP contribution in [0.5, 0.6) is 0 Å². The fraction of sp³-hybridized carbons (Fsp3) is 0.0789. The predicted molar refractivity (Wildman–Crippen MR) is 172 cm³/mol. The highest BCUT2D eigenvalue weighted by Gasteiger charge is 2.24. The van der Waals surface area contributed by atoms with Crippen molar-refractivity contribution in [2.75, 3.05) is 0 Å². The molecule has 2 heterocycles. The molecular formula is C38H29N3. The number of nitrogens with one attached hydrogen (secondary N) is 1. The Morgan fingerprint density at radius 1 is 0.683 bits per heavy atom. The van der Waals surface area contributed by atoms with Crippen LogP contribution in [0.4, 0.5) is 0 Å². The largest absolute Gasteiger partial charge is 0.332 e. The first-order chi connectivity index (χ1) is 20.3. The van der Waals surface area contributed by atoms with E-state index in [0.29, 0.717) is 0 Å². The molecule has 0 bridgehead atoms. The summed E-state index contributed by atoms with van der Waals surface area (Å²) in [5.41, 5.74) is 9.93. The standard InChI is InChI=1S/C38H29N3/c1-2-9-26(10-3-1)30-12-8-13-31(25-30)27-17-19-29(20-18-27)35-23-24-39-38(40-35)41-36-16-7-6-15-33(36)34-22-21-28-11-4-5-14-32(28)37(34)41/h1-6,8-15,17-25,35H,7,16H2,(H,39,40). The molecule has 8 rings (SSSR count). The summed E-state index contributed by atoms with van der Waals surface area (Å²) < 4.78 is 2.37. The lowest BCUT2D eigenvalue weighted by molar-refractivity contribution is 0.824. The van der Waals surface area contributed by atoms with Crippen LogP contribution in [0.1, 0.15) is 29.3 Å². The van der Waals surface area contributed by atoms with E-state index < -0.39 is 0 Å². The van der Waals surface area contributed by atoms with Crippen molar-refractivity contribution in [3.8, 4) is 22.3 Å². The van der Waals surface area contributed by atoms with Gasteiger partial charge in [0, 0.05) is 28.2 Å². The highest BCUT2D eigenvalue weighted by Crippen LogP contribution is 2.36. The van der Waals surface area contributed by atoms with Gasteiger partial charge in [0.05, 0.1) is 11.6 Å². The molecule has 0 radical (unpaired) electrons. The van der Waals surface area contributed by atoms with Crippen molar-refractivity contribution < 1.29 is 0 Å². The summed E-state index contributed by atoms with van der Waals surface area (Å²) in [5.74, 6) is 0.884. The van der Waals surface area contributed by atoms with E-state index in [1.165, 1.54) is 60.8 Å². The molecule has 0 saturated heterocycles. The summed E-state index contributed by atoms with van der Waals surface area (Å²) >= 11 is 0. The minimum atomic E-state index is -0.0573. The Kier molecular flexibility index (Phi) is 5.67. The number of nitrogens with zero attached hydrogens (tertiary/aromatic N) is 2. The van der Waals surface area contributed by atoms with E-state index in [0.717, 1.165) is 18.8 Å². The molecule has 1 aliphatic heterocycles. The number of benzene rings is 5. The lowest BCUT2D eigenvalue weighted by atomic mass is 9.97. The van der Waals surface area contributed by atoms with Crippen LogP contribution in [0.25, 0.3) is 50.0 Å². The topological polar surface area (TPSA) is 29.3 Å². The molecule has 196 valence electrons. The molecule has 1 aromatic heterocycles. The zero-order valence-electron chi connectivity index (χ0n) is 22.7. The van der Waals surface area contributed by atoms with E-state index in [2.05, 4.69) is 143 Å². The van der Waals surface area contributed by atoms with Gasteiger partial charge < -0.3 is 5.32 Å². The summed E-state index contributed by atoms with van der Waals surface area (Å²) in [6, 6.07) is 41.3. The zero-order chi connectivity index (χ0) is 27.2. The molecule has 0 amide bonds. The van der Waals surface area contributed by atoms with E-state index >= 15 is 0 Å². The SMILES string of the molecule is C1=Cc2c(n(C3=NC(c4ccc(-c5cccc(-c6ccccc6)c5)cc4)C=CN3)c3c2ccc2ccccc23)CC1. The van der Waals surface area contributed by atoms with Crippen LogP contribution >= 0.6 is 0 Å². The number of rotatable bonds is 3. The maximum Gasteiger partial charge on any atom is 0.208 e. The quantitative estimate of drug-likeness (QED) is 0.244. The monoisotopic (exact) mass is 527 g/mol. The molecule has 1 N–H and O–H groups in total. The Morgan fingerprint density at radius 3 is 2.29 bits per heavy atom. The molecule has 5 aromatic carbocycles. The van der Waals surface area contributed by atoms with Crippen molar-refractivity contribution in [1.82, 2.24) is 9.88 Å². The van der Waals surface area contributed by atoms with Gasteiger partial charge in [-0.3, -0.25) is 4.57 Å². The molecule has 1 aliphatic carbocycles. The number of allylic oxidation sites excluding steroid dienone is 1. The Morgan fingerprint density at radius 2 is 1.44 bits per heavy atom. The minimum Gasteiger partial charge on any atom is -0.332 e. The summed E-state index contributed by atoms with van der Waals surface area (Å²) in [6.45, 7) is 0. The molecular weight excluding hydrogens is 498 g/mol. The van der Waals surface area contributed by atoms with Crippen molar-refractivity contribution in [3.63, 3.8) is 0 Å². The second kappa shape index (κ2) is 9.79. The first-order valence-electron chi connectivity index (χ1n) is 14.3. The maximum atomic E-state index is 5.27. The van der Waals surface area contributed by atoms with E-state index in [9.17, 15) is 0 Å². The van der Waals surface area contributed by atoms with Gasteiger partial charge in [-0.2, -0.15) is 0 Å². The number of aliphatic imine (C=N–C) groups is 1. The van der Waals surface area contributed by atoms with Gasteiger partial charge in [0.25, 0.3) is 0 Å². The molecule has 41 heavy (non-hydrogen) atoms. The molecule has 3 heteroatoms. The van der Waals surface area contributed by atoms with E-state index in [-0.39, 0.29) is 6.04 Å². The average molecular weight is 528 g/mol. The maximum absolute atomic E-state index is 5.27. The summed E-state index contributed by atoms with van der Waals surface area (Å²) in [4.78, 5) is 5.27. The molecule has 1 atom stereocenters. The predicted octanol–water partition coefficient (Wildman–Crippen LogP) is 9.15. The lowest BCUT2D eigenvalue weighted by Crippen LogP contribution is -2.31. The molecule has 0 saturated carbocycles. The highest BCUT2D eigenvalue weighted by molar-refractivity contribution is 6.13. The third-order valence-corrected chi connectivity index (χ3v) is 8.35. The van der Waals surface area contributed by atoms with Gasteiger partial charge in [0.2, 0.25) is 5.96 Å². The molecule has 3 nitrogen and oxygen atoms in total. The van der Waals surface area contributed by atoms with Crippen LogP contribution < -0.4 is 5.32 Å². The van der Waals surface area contributed by atoms with Crippen LogP contribution in [0.3, 0.4) is 0 Å². The molecule has 6 aromatic rings. The Balaban J connectivity index is 1.18. The third-order valence-electron chi connectivity index (χ3n) is 8.35. The Bertz CT molecular complexity index is 2010. The number of hydrogen-bond acceptors (Lipinski definition) is 2. The van der Waals surface area contributed by atoms with Crippen molar-refractivity contribution in [2.45, 2.75) is 18.9 Å². The molecule has 0 fully saturated rings. The highest BCUT2D eigenvalue weighted by atomic mass is 15.2. The van der Waals surface area contributed by atoms with E-state index in [1.54, 1.807) is 0 Å². The van der Waals surface area contributed by atoms with Crippen molar-refractivity contribution in [1.29, 1.82) is 0 Å². The number of fused-ring (bicyclic) bond motifs is 5. The first kappa shape index (κ1) is 23.7. The zero-order valence-corrected chi connectivity index (χ0v) is 22.7. The average Bonchev–Trinajstić information content (AvgIpc) is 3.40. The van der Waals surface area contributed by atoms with Gasteiger partial charge >= 0.3 is 0 Å². The molecule has 2 aliphatic rings. The second-order valence-corrected chi connectivity index (χ2v) is 10.8. The van der Waals surface area contributed by atoms with Gasteiger partial charge in [0.15, 0.2) is 0 Å². The van der Waals surface area contributed by atoms with Crippen LogP contribution in [-0.4, -0.2) is 10.5 Å². The van der Waals surface area contributed by atoms with Gasteiger partial charge in [-0.1, -0.05) is 121 Å². The third kappa shape index (κ3) is 4.09. The molecule has 1 unspecified atom stereocenters.